The van der Waals surface area contributed by atoms with Crippen LogP contribution in [0, 0.1) is 6.92 Å². The first kappa shape index (κ1) is 14.3. The first-order valence-electron chi connectivity index (χ1n) is 5.68. The van der Waals surface area contributed by atoms with E-state index in [4.69, 9.17) is 25.5 Å². The van der Waals surface area contributed by atoms with Gasteiger partial charge in [0.25, 0.3) is 0 Å². The molecule has 2 rings (SSSR count). The van der Waals surface area contributed by atoms with Crippen LogP contribution in [0.4, 0.5) is 0 Å². The number of hydrogen-bond acceptors (Lipinski definition) is 3. The Hall–Kier alpha value is -1.13. The highest BCUT2D eigenvalue weighted by atomic mass is 79.9. The van der Waals surface area contributed by atoms with Crippen molar-refractivity contribution in [3.8, 4) is 11.5 Å². The Morgan fingerprint density at radius 1 is 1.16 bits per heavy atom. The maximum atomic E-state index is 5.81. The Labute approximate surface area is 125 Å². The molecule has 1 unspecified atom stereocenters. The normalized spacial score (nSPS) is 12.3. The van der Waals surface area contributed by atoms with Gasteiger partial charge in [-0.15, -0.1) is 0 Å². The average molecular weight is 346 g/mol. The molecule has 1 aromatic carbocycles. The molecular formula is C14H14BrClO3. The zero-order chi connectivity index (χ0) is 14.0. The third-order valence-electron chi connectivity index (χ3n) is 2.89. The van der Waals surface area contributed by atoms with Gasteiger partial charge in [0.15, 0.2) is 16.7 Å². The fourth-order valence-corrected chi connectivity index (χ4v) is 2.78. The van der Waals surface area contributed by atoms with Gasteiger partial charge in [-0.05, 0) is 53.9 Å². The highest BCUT2D eigenvalue weighted by Crippen LogP contribution is 2.39. The van der Waals surface area contributed by atoms with Crippen molar-refractivity contribution >= 4 is 27.5 Å². The van der Waals surface area contributed by atoms with E-state index in [1.165, 1.54) is 0 Å². The molecule has 102 valence electrons. The van der Waals surface area contributed by atoms with Gasteiger partial charge in [-0.25, -0.2) is 0 Å². The average Bonchev–Trinajstić information content (AvgIpc) is 2.84. The van der Waals surface area contributed by atoms with Gasteiger partial charge in [0.1, 0.15) is 5.76 Å². The van der Waals surface area contributed by atoms with Crippen molar-refractivity contribution < 1.29 is 13.9 Å². The first-order chi connectivity index (χ1) is 9.06. The molecule has 0 aliphatic carbocycles. The first-order valence-corrected chi connectivity index (χ1v) is 6.98. The van der Waals surface area contributed by atoms with E-state index >= 15 is 0 Å². The third-order valence-corrected chi connectivity index (χ3v) is 4.04. The van der Waals surface area contributed by atoms with Gasteiger partial charge in [-0.3, -0.25) is 0 Å². The zero-order valence-corrected chi connectivity index (χ0v) is 13.2. The van der Waals surface area contributed by atoms with Crippen molar-refractivity contribution in [1.82, 2.24) is 0 Å². The second kappa shape index (κ2) is 5.88. The predicted octanol–water partition coefficient (Wildman–Crippen LogP) is 4.74. The number of hydrogen-bond donors (Lipinski definition) is 0. The fraction of sp³-hybridized carbons (Fsp3) is 0.286. The van der Waals surface area contributed by atoms with E-state index in [0.29, 0.717) is 16.7 Å². The molecule has 0 saturated heterocycles. The molecule has 0 N–H and O–H groups in total. The number of halogens is 2. The van der Waals surface area contributed by atoms with Crippen LogP contribution in [-0.4, -0.2) is 14.2 Å². The van der Waals surface area contributed by atoms with Crippen molar-refractivity contribution in [3.05, 3.63) is 46.4 Å². The minimum atomic E-state index is -0.0835. The van der Waals surface area contributed by atoms with Crippen LogP contribution in [0.1, 0.15) is 21.7 Å². The second-order valence-corrected chi connectivity index (χ2v) is 5.36. The SMILES string of the molecule is COc1cc(C)c(C(Br)c2ccc(Cl)o2)cc1OC. The summed E-state index contributed by atoms with van der Waals surface area (Å²) in [7, 11) is 3.23. The standard InChI is InChI=1S/C14H14BrClO3/c1-8-6-11(17-2)12(18-3)7-9(8)14(15)10-4-5-13(16)19-10/h4-7,14H,1-3H3. The van der Waals surface area contributed by atoms with Crippen LogP contribution in [0.5, 0.6) is 11.5 Å². The molecule has 0 saturated carbocycles. The molecule has 0 aliphatic heterocycles. The molecule has 1 heterocycles. The minimum absolute atomic E-state index is 0.0835. The van der Waals surface area contributed by atoms with Gasteiger partial charge in [0, 0.05) is 0 Å². The molecule has 1 aromatic heterocycles. The van der Waals surface area contributed by atoms with Crippen molar-refractivity contribution in [1.29, 1.82) is 0 Å². The van der Waals surface area contributed by atoms with Crippen LogP contribution in [0.15, 0.2) is 28.7 Å². The number of ether oxygens (including phenoxy) is 2. The summed E-state index contributed by atoms with van der Waals surface area (Å²) >= 11 is 9.43. The molecule has 19 heavy (non-hydrogen) atoms. The molecule has 0 amide bonds. The zero-order valence-electron chi connectivity index (χ0n) is 10.9. The maximum absolute atomic E-state index is 5.81. The van der Waals surface area contributed by atoms with E-state index in [9.17, 15) is 0 Å². The van der Waals surface area contributed by atoms with Crippen LogP contribution in [-0.2, 0) is 0 Å². The Kier molecular flexibility index (Phi) is 4.42. The fourth-order valence-electron chi connectivity index (χ4n) is 1.89. The van der Waals surface area contributed by atoms with Gasteiger partial charge in [0.05, 0.1) is 19.0 Å². The van der Waals surface area contributed by atoms with E-state index in [1.807, 2.05) is 25.1 Å². The summed E-state index contributed by atoms with van der Waals surface area (Å²) in [6, 6.07) is 7.44. The molecule has 3 nitrogen and oxygen atoms in total. The van der Waals surface area contributed by atoms with Gasteiger partial charge in [0.2, 0.25) is 0 Å². The van der Waals surface area contributed by atoms with Crippen LogP contribution < -0.4 is 9.47 Å². The monoisotopic (exact) mass is 344 g/mol. The van der Waals surface area contributed by atoms with Gasteiger partial charge >= 0.3 is 0 Å². The number of benzene rings is 1. The van der Waals surface area contributed by atoms with E-state index in [0.717, 1.165) is 16.9 Å². The quantitative estimate of drug-likeness (QED) is 0.750. The van der Waals surface area contributed by atoms with E-state index < -0.39 is 0 Å². The number of furan rings is 1. The summed E-state index contributed by atoms with van der Waals surface area (Å²) in [5, 5.41) is 0.373. The van der Waals surface area contributed by atoms with Gasteiger partial charge in [-0.1, -0.05) is 15.9 Å². The summed E-state index contributed by atoms with van der Waals surface area (Å²) in [5.74, 6) is 2.14. The lowest BCUT2D eigenvalue weighted by Crippen LogP contribution is -1.98. The number of alkyl halides is 1. The molecule has 0 aliphatic rings. The summed E-state index contributed by atoms with van der Waals surface area (Å²) in [4.78, 5) is -0.0835. The van der Waals surface area contributed by atoms with Gasteiger partial charge in [-0.2, -0.15) is 0 Å². The van der Waals surface area contributed by atoms with Crippen molar-refractivity contribution in [2.24, 2.45) is 0 Å². The smallest absolute Gasteiger partial charge is 0.193 e. The summed E-state index contributed by atoms with van der Waals surface area (Å²) in [6.45, 7) is 2.01. The Bertz CT molecular complexity index is 580. The Morgan fingerprint density at radius 3 is 2.32 bits per heavy atom. The van der Waals surface area contributed by atoms with E-state index in [1.54, 1.807) is 20.3 Å². The van der Waals surface area contributed by atoms with Crippen molar-refractivity contribution in [2.75, 3.05) is 14.2 Å². The highest BCUT2D eigenvalue weighted by Gasteiger charge is 2.19. The lowest BCUT2D eigenvalue weighted by atomic mass is 10.0. The Balaban J connectivity index is 2.44. The van der Waals surface area contributed by atoms with Crippen LogP contribution in [0.3, 0.4) is 0 Å². The summed E-state index contributed by atoms with van der Waals surface area (Å²) in [6.07, 6.45) is 0. The molecule has 5 heteroatoms. The number of rotatable bonds is 4. The number of methoxy groups -OCH3 is 2. The maximum Gasteiger partial charge on any atom is 0.193 e. The predicted molar refractivity (Wildman–Crippen MR) is 78.8 cm³/mol. The molecular weight excluding hydrogens is 332 g/mol. The lowest BCUT2D eigenvalue weighted by molar-refractivity contribution is 0.354. The van der Waals surface area contributed by atoms with E-state index in [2.05, 4.69) is 15.9 Å². The molecule has 0 bridgehead atoms. The second-order valence-electron chi connectivity index (χ2n) is 4.07. The molecule has 0 spiro atoms. The Morgan fingerprint density at radius 2 is 1.79 bits per heavy atom. The molecule has 0 fully saturated rings. The topological polar surface area (TPSA) is 31.6 Å². The van der Waals surface area contributed by atoms with E-state index in [-0.39, 0.29) is 4.83 Å². The molecule has 0 radical (unpaired) electrons. The third kappa shape index (κ3) is 2.90. The molecule has 1 atom stereocenters. The summed E-state index contributed by atoms with van der Waals surface area (Å²) in [5.41, 5.74) is 2.12. The van der Waals surface area contributed by atoms with Crippen molar-refractivity contribution in [2.45, 2.75) is 11.8 Å². The molecule has 2 aromatic rings. The van der Waals surface area contributed by atoms with Crippen molar-refractivity contribution in [3.63, 3.8) is 0 Å². The highest BCUT2D eigenvalue weighted by molar-refractivity contribution is 9.09. The summed E-state index contributed by atoms with van der Waals surface area (Å²) < 4.78 is 16.0. The number of aryl methyl sites for hydroxylation is 1. The minimum Gasteiger partial charge on any atom is -0.493 e. The lowest BCUT2D eigenvalue weighted by Gasteiger charge is -2.15. The van der Waals surface area contributed by atoms with Gasteiger partial charge < -0.3 is 13.9 Å². The largest absolute Gasteiger partial charge is 0.493 e. The van der Waals surface area contributed by atoms with Crippen LogP contribution >= 0.6 is 27.5 Å². The van der Waals surface area contributed by atoms with Crippen LogP contribution in [0.2, 0.25) is 5.22 Å². The van der Waals surface area contributed by atoms with Crippen LogP contribution in [0.25, 0.3) is 0 Å².